The molecule has 0 aliphatic rings. The van der Waals surface area contributed by atoms with E-state index in [1.54, 1.807) is 18.2 Å². The number of nitrogens with zero attached hydrogens (tertiary/aromatic N) is 3. The second-order valence-corrected chi connectivity index (χ2v) is 5.44. The summed E-state index contributed by atoms with van der Waals surface area (Å²) >= 11 is 12.1. The Hall–Kier alpha value is -2.02. The summed E-state index contributed by atoms with van der Waals surface area (Å²) in [6.07, 6.45) is 0. The monoisotopic (exact) mass is 315 g/mol. The van der Waals surface area contributed by atoms with Gasteiger partial charge in [-0.25, -0.2) is 4.98 Å². The number of rotatable bonds is 2. The van der Waals surface area contributed by atoms with E-state index < -0.39 is 0 Å². The molecule has 0 saturated carbocycles. The van der Waals surface area contributed by atoms with Gasteiger partial charge in [0.2, 0.25) is 0 Å². The Labute approximate surface area is 132 Å². The van der Waals surface area contributed by atoms with Crippen LogP contribution < -0.4 is 0 Å². The predicted octanol–water partition coefficient (Wildman–Crippen LogP) is 4.90. The zero-order valence-corrected chi connectivity index (χ0v) is 12.8. The van der Waals surface area contributed by atoms with Gasteiger partial charge in [-0.2, -0.15) is 5.26 Å². The molecule has 0 unspecified atom stereocenters. The third-order valence-electron chi connectivity index (χ3n) is 3.37. The summed E-state index contributed by atoms with van der Waals surface area (Å²) in [5.74, 6) is 0.821. The van der Waals surface area contributed by atoms with Gasteiger partial charge in [0.1, 0.15) is 5.82 Å². The molecular weight excluding hydrogens is 305 g/mol. The Bertz CT molecular complexity index is 875. The van der Waals surface area contributed by atoms with Crippen molar-refractivity contribution < 1.29 is 0 Å². The van der Waals surface area contributed by atoms with Gasteiger partial charge in [-0.3, -0.25) is 0 Å². The molecule has 0 amide bonds. The van der Waals surface area contributed by atoms with Crippen LogP contribution in [0.15, 0.2) is 36.4 Å². The van der Waals surface area contributed by atoms with E-state index in [-0.39, 0.29) is 0 Å². The molecule has 2 aromatic carbocycles. The van der Waals surface area contributed by atoms with Crippen LogP contribution in [0.5, 0.6) is 0 Å². The van der Waals surface area contributed by atoms with Crippen molar-refractivity contribution in [1.82, 2.24) is 9.55 Å². The van der Waals surface area contributed by atoms with E-state index in [2.05, 4.69) is 22.5 Å². The van der Waals surface area contributed by atoms with Crippen LogP contribution in [0.25, 0.3) is 22.4 Å². The minimum absolute atomic E-state index is 0.501. The minimum atomic E-state index is 0.501. The lowest BCUT2D eigenvalue weighted by Crippen LogP contribution is -1.97. The van der Waals surface area contributed by atoms with Crippen LogP contribution in [0.2, 0.25) is 10.0 Å². The summed E-state index contributed by atoms with van der Waals surface area (Å²) in [6.45, 7) is 2.83. The Morgan fingerprint density at radius 1 is 1.14 bits per heavy atom. The van der Waals surface area contributed by atoms with Gasteiger partial charge in [-0.1, -0.05) is 23.2 Å². The summed E-state index contributed by atoms with van der Waals surface area (Å²) in [5, 5.41) is 10.0. The van der Waals surface area contributed by atoms with Crippen molar-refractivity contribution in [1.29, 1.82) is 5.26 Å². The molecule has 3 aromatic rings. The van der Waals surface area contributed by atoms with Crippen LogP contribution in [0.4, 0.5) is 0 Å². The normalized spacial score (nSPS) is 10.8. The fourth-order valence-electron chi connectivity index (χ4n) is 2.38. The first-order valence-electron chi connectivity index (χ1n) is 6.50. The van der Waals surface area contributed by atoms with E-state index in [0.29, 0.717) is 15.6 Å². The summed E-state index contributed by atoms with van der Waals surface area (Å²) < 4.78 is 2.09. The van der Waals surface area contributed by atoms with Crippen molar-refractivity contribution in [2.45, 2.75) is 13.5 Å². The molecule has 21 heavy (non-hydrogen) atoms. The summed E-state index contributed by atoms with van der Waals surface area (Å²) in [4.78, 5) is 4.64. The van der Waals surface area contributed by atoms with E-state index in [0.717, 1.165) is 29.0 Å². The maximum absolute atomic E-state index is 9.00. The SMILES string of the molecule is CCn1c(-c2ccc(Cl)c(Cl)c2)nc2cc(C#N)ccc21. The first-order chi connectivity index (χ1) is 10.1. The smallest absolute Gasteiger partial charge is 0.141 e. The van der Waals surface area contributed by atoms with Gasteiger partial charge in [0.25, 0.3) is 0 Å². The second kappa shape index (κ2) is 5.40. The molecular formula is C16H11Cl2N3. The number of benzene rings is 2. The van der Waals surface area contributed by atoms with Crippen molar-refractivity contribution in [3.63, 3.8) is 0 Å². The van der Waals surface area contributed by atoms with Crippen molar-refractivity contribution in [3.05, 3.63) is 52.0 Å². The number of hydrogen-bond donors (Lipinski definition) is 0. The van der Waals surface area contributed by atoms with E-state index >= 15 is 0 Å². The van der Waals surface area contributed by atoms with Crippen molar-refractivity contribution in [2.24, 2.45) is 0 Å². The molecule has 104 valence electrons. The van der Waals surface area contributed by atoms with Gasteiger partial charge in [-0.15, -0.1) is 0 Å². The highest BCUT2D eigenvalue weighted by Gasteiger charge is 2.13. The molecule has 0 aliphatic heterocycles. The largest absolute Gasteiger partial charge is 0.324 e. The van der Waals surface area contributed by atoms with Gasteiger partial charge < -0.3 is 4.57 Å². The molecule has 5 heteroatoms. The highest BCUT2D eigenvalue weighted by Crippen LogP contribution is 2.30. The Kier molecular flexibility index (Phi) is 3.59. The van der Waals surface area contributed by atoms with Gasteiger partial charge in [-0.05, 0) is 43.3 Å². The number of halogens is 2. The molecule has 0 bridgehead atoms. The molecule has 0 aliphatic carbocycles. The molecule has 0 radical (unpaired) electrons. The van der Waals surface area contributed by atoms with Crippen LogP contribution >= 0.6 is 23.2 Å². The van der Waals surface area contributed by atoms with Crippen LogP contribution in [-0.4, -0.2) is 9.55 Å². The lowest BCUT2D eigenvalue weighted by atomic mass is 10.2. The summed E-state index contributed by atoms with van der Waals surface area (Å²) in [5.41, 5.74) is 3.31. The van der Waals surface area contributed by atoms with Crippen LogP contribution in [-0.2, 0) is 6.54 Å². The van der Waals surface area contributed by atoms with E-state index in [4.69, 9.17) is 28.5 Å². The van der Waals surface area contributed by atoms with Gasteiger partial charge in [0.05, 0.1) is 32.7 Å². The third kappa shape index (κ3) is 2.37. The van der Waals surface area contributed by atoms with Gasteiger partial charge in [0, 0.05) is 12.1 Å². The van der Waals surface area contributed by atoms with Gasteiger partial charge >= 0.3 is 0 Å². The fraction of sp³-hybridized carbons (Fsp3) is 0.125. The number of hydrogen-bond acceptors (Lipinski definition) is 2. The van der Waals surface area contributed by atoms with Crippen molar-refractivity contribution >= 4 is 34.2 Å². The maximum atomic E-state index is 9.00. The van der Waals surface area contributed by atoms with Crippen LogP contribution in [0.3, 0.4) is 0 Å². The average molecular weight is 316 g/mol. The van der Waals surface area contributed by atoms with E-state index in [9.17, 15) is 0 Å². The topological polar surface area (TPSA) is 41.6 Å². The Morgan fingerprint density at radius 2 is 1.95 bits per heavy atom. The molecule has 1 heterocycles. The molecule has 0 fully saturated rings. The first-order valence-corrected chi connectivity index (χ1v) is 7.25. The molecule has 0 atom stereocenters. The van der Waals surface area contributed by atoms with Crippen molar-refractivity contribution in [2.75, 3.05) is 0 Å². The van der Waals surface area contributed by atoms with Crippen molar-refractivity contribution in [3.8, 4) is 17.5 Å². The number of nitriles is 1. The molecule has 3 nitrogen and oxygen atoms in total. The average Bonchev–Trinajstić information content (AvgIpc) is 2.87. The highest BCUT2D eigenvalue weighted by molar-refractivity contribution is 6.42. The first kappa shape index (κ1) is 13.9. The summed E-state index contributed by atoms with van der Waals surface area (Å²) in [6, 6.07) is 13.1. The Balaban J connectivity index is 2.26. The number of fused-ring (bicyclic) bond motifs is 1. The Morgan fingerprint density at radius 3 is 2.62 bits per heavy atom. The van der Waals surface area contributed by atoms with Gasteiger partial charge in [0.15, 0.2) is 0 Å². The maximum Gasteiger partial charge on any atom is 0.141 e. The van der Waals surface area contributed by atoms with Crippen LogP contribution in [0, 0.1) is 11.3 Å². The van der Waals surface area contributed by atoms with Crippen LogP contribution in [0.1, 0.15) is 12.5 Å². The lowest BCUT2D eigenvalue weighted by molar-refractivity contribution is 0.796. The molecule has 0 N–H and O–H groups in total. The lowest BCUT2D eigenvalue weighted by Gasteiger charge is -2.07. The molecule has 0 saturated heterocycles. The molecule has 3 rings (SSSR count). The third-order valence-corrected chi connectivity index (χ3v) is 4.11. The van der Waals surface area contributed by atoms with E-state index in [1.807, 2.05) is 18.2 Å². The number of aryl methyl sites for hydroxylation is 1. The number of imidazole rings is 1. The molecule has 0 spiro atoms. The quantitative estimate of drug-likeness (QED) is 0.674. The summed E-state index contributed by atoms with van der Waals surface area (Å²) in [7, 11) is 0. The highest BCUT2D eigenvalue weighted by atomic mass is 35.5. The predicted molar refractivity (Wildman–Crippen MR) is 85.6 cm³/mol. The minimum Gasteiger partial charge on any atom is -0.324 e. The zero-order chi connectivity index (χ0) is 15.0. The molecule has 1 aromatic heterocycles. The zero-order valence-electron chi connectivity index (χ0n) is 11.3. The van der Waals surface area contributed by atoms with E-state index in [1.165, 1.54) is 0 Å². The standard InChI is InChI=1S/C16H11Cl2N3/c1-2-21-15-6-3-10(9-19)7-14(15)20-16(21)11-4-5-12(17)13(18)8-11/h3-8H,2H2,1H3. The number of aromatic nitrogens is 2. The second-order valence-electron chi connectivity index (χ2n) is 4.62. The fourth-order valence-corrected chi connectivity index (χ4v) is 2.67.